The molecule has 0 aliphatic carbocycles. The smallest absolute Gasteiger partial charge is 0.344 e. The van der Waals surface area contributed by atoms with Gasteiger partial charge in [-0.2, -0.15) is 0 Å². The molecule has 87 valence electrons. The number of hydrogen-bond acceptors (Lipinski definition) is 2. The zero-order valence-electron chi connectivity index (χ0n) is 9.94. The molecule has 2 heteroatoms. The van der Waals surface area contributed by atoms with Crippen molar-refractivity contribution in [3.05, 3.63) is 70.6 Å². The minimum absolute atomic E-state index is 0.300. The van der Waals surface area contributed by atoms with E-state index in [-0.39, 0.29) is 5.63 Å². The van der Waals surface area contributed by atoms with Crippen LogP contribution >= 0.6 is 0 Å². The van der Waals surface area contributed by atoms with E-state index in [0.717, 1.165) is 16.5 Å². The fraction of sp³-hybridized carbons (Fsp3) is 0.0625. The van der Waals surface area contributed by atoms with Crippen LogP contribution in [0.5, 0.6) is 0 Å². The Morgan fingerprint density at radius 1 is 1.11 bits per heavy atom. The Morgan fingerprint density at radius 2 is 1.89 bits per heavy atom. The maximum atomic E-state index is 12.1. The molecule has 0 aliphatic heterocycles. The summed E-state index contributed by atoms with van der Waals surface area (Å²) in [6.07, 6.45) is 0. The normalized spacial score (nSPS) is 10.7. The second kappa shape index (κ2) is 4.15. The van der Waals surface area contributed by atoms with Crippen molar-refractivity contribution in [1.82, 2.24) is 0 Å². The SMILES string of the molecule is Cc1c(-c2ccccc2)c(=O)oc2c[c]ccc12. The number of hydrogen-bond donors (Lipinski definition) is 0. The molecule has 0 N–H and O–H groups in total. The van der Waals surface area contributed by atoms with Crippen molar-refractivity contribution in [2.75, 3.05) is 0 Å². The van der Waals surface area contributed by atoms with Gasteiger partial charge in [-0.15, -0.1) is 0 Å². The van der Waals surface area contributed by atoms with Crippen molar-refractivity contribution in [3.63, 3.8) is 0 Å². The molecule has 1 radical (unpaired) electrons. The summed E-state index contributed by atoms with van der Waals surface area (Å²) in [7, 11) is 0. The van der Waals surface area contributed by atoms with E-state index in [1.54, 1.807) is 6.07 Å². The van der Waals surface area contributed by atoms with Gasteiger partial charge in [-0.25, -0.2) is 4.79 Å². The fourth-order valence-corrected chi connectivity index (χ4v) is 2.19. The van der Waals surface area contributed by atoms with Gasteiger partial charge in [0.25, 0.3) is 0 Å². The Bertz CT molecular complexity index is 755. The minimum atomic E-state index is -0.300. The van der Waals surface area contributed by atoms with Crippen LogP contribution in [0.1, 0.15) is 5.56 Å². The standard InChI is InChI=1S/C16H11O2/c1-11-13-9-5-6-10-14(13)18-16(17)15(11)12-7-3-2-4-8-12/h2-5,7-10H,1H3. The summed E-state index contributed by atoms with van der Waals surface area (Å²) in [6, 6.07) is 17.9. The molecule has 3 rings (SSSR count). The van der Waals surface area contributed by atoms with E-state index in [1.165, 1.54) is 0 Å². The molecular formula is C16H11O2. The predicted octanol–water partition coefficient (Wildman–Crippen LogP) is 3.57. The average molecular weight is 235 g/mol. The van der Waals surface area contributed by atoms with Crippen LogP contribution in [-0.4, -0.2) is 0 Å². The second-order valence-electron chi connectivity index (χ2n) is 4.18. The molecule has 0 saturated heterocycles. The van der Waals surface area contributed by atoms with Gasteiger partial charge in [0.05, 0.1) is 5.56 Å². The Kier molecular flexibility index (Phi) is 2.49. The van der Waals surface area contributed by atoms with Gasteiger partial charge in [0.15, 0.2) is 0 Å². The monoisotopic (exact) mass is 235 g/mol. The van der Waals surface area contributed by atoms with E-state index < -0.39 is 0 Å². The summed E-state index contributed by atoms with van der Waals surface area (Å²) in [5.74, 6) is 0. The Hall–Kier alpha value is -2.35. The lowest BCUT2D eigenvalue weighted by Crippen LogP contribution is -2.05. The van der Waals surface area contributed by atoms with Crippen molar-refractivity contribution in [1.29, 1.82) is 0 Å². The third kappa shape index (κ3) is 1.63. The van der Waals surface area contributed by atoms with Crippen molar-refractivity contribution in [2.24, 2.45) is 0 Å². The van der Waals surface area contributed by atoms with Crippen LogP contribution in [0.3, 0.4) is 0 Å². The van der Waals surface area contributed by atoms with Gasteiger partial charge >= 0.3 is 5.63 Å². The first kappa shape index (κ1) is 10.8. The molecule has 0 atom stereocenters. The molecule has 0 amide bonds. The highest BCUT2D eigenvalue weighted by Gasteiger charge is 2.12. The zero-order valence-corrected chi connectivity index (χ0v) is 9.94. The van der Waals surface area contributed by atoms with Gasteiger partial charge in [0.1, 0.15) is 5.58 Å². The summed E-state index contributed by atoms with van der Waals surface area (Å²) in [4.78, 5) is 12.1. The van der Waals surface area contributed by atoms with Gasteiger partial charge in [0.2, 0.25) is 0 Å². The topological polar surface area (TPSA) is 30.2 Å². The van der Waals surface area contributed by atoms with Crippen LogP contribution in [0.4, 0.5) is 0 Å². The predicted molar refractivity (Wildman–Crippen MR) is 71.5 cm³/mol. The maximum Gasteiger partial charge on any atom is 0.344 e. The number of fused-ring (bicyclic) bond motifs is 1. The highest BCUT2D eigenvalue weighted by atomic mass is 16.4. The second-order valence-corrected chi connectivity index (χ2v) is 4.18. The van der Waals surface area contributed by atoms with Gasteiger partial charge in [-0.05, 0) is 30.2 Å². The van der Waals surface area contributed by atoms with Crippen molar-refractivity contribution in [3.8, 4) is 11.1 Å². The Labute approximate surface area is 105 Å². The van der Waals surface area contributed by atoms with E-state index in [1.807, 2.05) is 49.4 Å². The van der Waals surface area contributed by atoms with Crippen LogP contribution in [0, 0.1) is 13.0 Å². The zero-order chi connectivity index (χ0) is 12.5. The molecular weight excluding hydrogens is 224 g/mol. The molecule has 2 aromatic carbocycles. The highest BCUT2D eigenvalue weighted by Crippen LogP contribution is 2.25. The van der Waals surface area contributed by atoms with Crippen molar-refractivity contribution >= 4 is 11.0 Å². The Morgan fingerprint density at radius 3 is 2.67 bits per heavy atom. The largest absolute Gasteiger partial charge is 0.422 e. The molecule has 0 aliphatic rings. The van der Waals surface area contributed by atoms with Crippen LogP contribution in [0.2, 0.25) is 0 Å². The molecule has 0 fully saturated rings. The first-order valence-corrected chi connectivity index (χ1v) is 5.76. The van der Waals surface area contributed by atoms with Crippen LogP contribution in [0.15, 0.2) is 57.7 Å². The van der Waals surface area contributed by atoms with Gasteiger partial charge in [-0.1, -0.05) is 42.5 Å². The molecule has 0 saturated carbocycles. The van der Waals surface area contributed by atoms with Crippen LogP contribution < -0.4 is 5.63 Å². The number of aryl methyl sites for hydroxylation is 1. The van der Waals surface area contributed by atoms with E-state index >= 15 is 0 Å². The van der Waals surface area contributed by atoms with Crippen molar-refractivity contribution in [2.45, 2.75) is 6.92 Å². The van der Waals surface area contributed by atoms with E-state index in [0.29, 0.717) is 11.1 Å². The summed E-state index contributed by atoms with van der Waals surface area (Å²) in [5.41, 5.74) is 2.75. The molecule has 0 unspecified atom stereocenters. The number of benzene rings is 2. The average Bonchev–Trinajstić information content (AvgIpc) is 2.40. The highest BCUT2D eigenvalue weighted by molar-refractivity contribution is 5.86. The summed E-state index contributed by atoms with van der Waals surface area (Å²) < 4.78 is 5.34. The molecule has 0 spiro atoms. The first-order chi connectivity index (χ1) is 8.77. The molecule has 0 bridgehead atoms. The maximum absolute atomic E-state index is 12.1. The van der Waals surface area contributed by atoms with Gasteiger partial charge in [0, 0.05) is 5.39 Å². The van der Waals surface area contributed by atoms with E-state index in [2.05, 4.69) is 6.07 Å². The molecule has 1 aromatic heterocycles. The third-order valence-electron chi connectivity index (χ3n) is 3.07. The lowest BCUT2D eigenvalue weighted by atomic mass is 10.00. The number of rotatable bonds is 1. The molecule has 18 heavy (non-hydrogen) atoms. The molecule has 2 nitrogen and oxygen atoms in total. The first-order valence-electron chi connectivity index (χ1n) is 5.76. The van der Waals surface area contributed by atoms with Crippen LogP contribution in [-0.2, 0) is 0 Å². The van der Waals surface area contributed by atoms with E-state index in [9.17, 15) is 4.79 Å². The minimum Gasteiger partial charge on any atom is -0.422 e. The van der Waals surface area contributed by atoms with Crippen LogP contribution in [0.25, 0.3) is 22.1 Å². The quantitative estimate of drug-likeness (QED) is 0.603. The lowest BCUT2D eigenvalue weighted by Gasteiger charge is -2.07. The summed E-state index contributed by atoms with van der Waals surface area (Å²) >= 11 is 0. The summed E-state index contributed by atoms with van der Waals surface area (Å²) in [5, 5.41) is 0.951. The van der Waals surface area contributed by atoms with E-state index in [4.69, 9.17) is 4.42 Å². The third-order valence-corrected chi connectivity index (χ3v) is 3.07. The fourth-order valence-electron chi connectivity index (χ4n) is 2.19. The summed E-state index contributed by atoms with van der Waals surface area (Å²) in [6.45, 7) is 1.95. The van der Waals surface area contributed by atoms with Gasteiger partial charge in [-0.3, -0.25) is 0 Å². The van der Waals surface area contributed by atoms with Gasteiger partial charge < -0.3 is 4.42 Å². The van der Waals surface area contributed by atoms with Crippen molar-refractivity contribution < 1.29 is 4.42 Å². The molecule has 1 heterocycles. The molecule has 3 aromatic rings. The lowest BCUT2D eigenvalue weighted by molar-refractivity contribution is 0.562. The Balaban J connectivity index is 2.41.